The molecule has 0 bridgehead atoms. The fourth-order valence-electron chi connectivity index (χ4n) is 3.26. The Bertz CT molecular complexity index is 839. The molecular weight excluding hydrogens is 276 g/mol. The Balaban J connectivity index is 2.16. The molecule has 0 radical (unpaired) electrons. The summed E-state index contributed by atoms with van der Waals surface area (Å²) in [4.78, 5) is 0. The zero-order valence-corrected chi connectivity index (χ0v) is 15.1. The highest BCUT2D eigenvalue weighted by Gasteiger charge is 2.18. The number of rotatable bonds is 4. The van der Waals surface area contributed by atoms with Crippen LogP contribution in [-0.2, 0) is 5.41 Å². The second kappa shape index (κ2) is 6.00. The zero-order valence-electron chi connectivity index (χ0n) is 15.1. The summed E-state index contributed by atoms with van der Waals surface area (Å²) in [5.74, 6) is 0.628. The third kappa shape index (κ3) is 2.87. The fourth-order valence-corrected chi connectivity index (χ4v) is 3.26. The molecule has 0 aliphatic rings. The Morgan fingerprint density at radius 3 is 2.04 bits per heavy atom. The van der Waals surface area contributed by atoms with E-state index in [1.807, 2.05) is 0 Å². The molecule has 0 spiro atoms. The van der Waals surface area contributed by atoms with Gasteiger partial charge in [-0.1, -0.05) is 83.1 Å². The van der Waals surface area contributed by atoms with Crippen molar-refractivity contribution in [2.75, 3.05) is 0 Å². The SMILES string of the molecule is CCC(C)c1ccc2c(ccc3cc(C(C)(C)CC)ccc32)c1. The van der Waals surface area contributed by atoms with Crippen LogP contribution in [0.1, 0.15) is 64.5 Å². The van der Waals surface area contributed by atoms with Gasteiger partial charge < -0.3 is 0 Å². The van der Waals surface area contributed by atoms with E-state index in [2.05, 4.69) is 83.1 Å². The summed E-state index contributed by atoms with van der Waals surface area (Å²) < 4.78 is 0. The van der Waals surface area contributed by atoms with E-state index in [-0.39, 0.29) is 5.41 Å². The van der Waals surface area contributed by atoms with Crippen LogP contribution in [0.25, 0.3) is 21.5 Å². The van der Waals surface area contributed by atoms with Gasteiger partial charge in [-0.05, 0) is 56.8 Å². The third-order valence-corrected chi connectivity index (χ3v) is 5.71. The standard InChI is InChI=1S/C23H28/c1-6-16(3)17-10-12-21-18(14-17)8-9-19-15-20(11-13-22(19)21)23(4,5)7-2/h8-16H,6-7H2,1-5H3. The Kier molecular flexibility index (Phi) is 4.19. The molecule has 3 rings (SSSR count). The normalized spacial score (nSPS) is 13.6. The van der Waals surface area contributed by atoms with E-state index in [0.717, 1.165) is 6.42 Å². The lowest BCUT2D eigenvalue weighted by Gasteiger charge is -2.24. The van der Waals surface area contributed by atoms with Crippen LogP contribution in [0, 0.1) is 0 Å². The molecule has 3 aromatic carbocycles. The van der Waals surface area contributed by atoms with E-state index >= 15 is 0 Å². The lowest BCUT2D eigenvalue weighted by atomic mass is 9.81. The first-order chi connectivity index (χ1) is 11.0. The summed E-state index contributed by atoms with van der Waals surface area (Å²) in [5.41, 5.74) is 3.12. The van der Waals surface area contributed by atoms with Crippen LogP contribution >= 0.6 is 0 Å². The van der Waals surface area contributed by atoms with Crippen molar-refractivity contribution >= 4 is 21.5 Å². The Morgan fingerprint density at radius 2 is 1.43 bits per heavy atom. The van der Waals surface area contributed by atoms with Crippen LogP contribution in [0.4, 0.5) is 0 Å². The van der Waals surface area contributed by atoms with E-state index in [1.54, 1.807) is 0 Å². The lowest BCUT2D eigenvalue weighted by Crippen LogP contribution is -2.15. The topological polar surface area (TPSA) is 0 Å². The Labute approximate surface area is 140 Å². The molecule has 0 nitrogen and oxygen atoms in total. The van der Waals surface area contributed by atoms with Gasteiger partial charge in [0.1, 0.15) is 0 Å². The number of hydrogen-bond acceptors (Lipinski definition) is 0. The molecule has 23 heavy (non-hydrogen) atoms. The molecule has 0 heterocycles. The summed E-state index contributed by atoms with van der Waals surface area (Å²) in [6.07, 6.45) is 2.35. The number of hydrogen-bond donors (Lipinski definition) is 0. The van der Waals surface area contributed by atoms with Gasteiger partial charge in [-0.3, -0.25) is 0 Å². The molecule has 0 heteroatoms. The molecule has 0 saturated carbocycles. The van der Waals surface area contributed by atoms with Gasteiger partial charge in [-0.25, -0.2) is 0 Å². The highest BCUT2D eigenvalue weighted by Crippen LogP contribution is 2.33. The van der Waals surface area contributed by atoms with Crippen LogP contribution < -0.4 is 0 Å². The Morgan fingerprint density at radius 1 is 0.826 bits per heavy atom. The molecule has 1 atom stereocenters. The summed E-state index contributed by atoms with van der Waals surface area (Å²) in [6.45, 7) is 11.5. The monoisotopic (exact) mass is 304 g/mol. The predicted octanol–water partition coefficient (Wildman–Crippen LogP) is 7.19. The zero-order chi connectivity index (χ0) is 16.6. The average molecular weight is 304 g/mol. The van der Waals surface area contributed by atoms with Crippen LogP contribution in [0.5, 0.6) is 0 Å². The highest BCUT2D eigenvalue weighted by atomic mass is 14.2. The van der Waals surface area contributed by atoms with E-state index in [1.165, 1.54) is 39.1 Å². The van der Waals surface area contributed by atoms with Gasteiger partial charge in [-0.2, -0.15) is 0 Å². The van der Waals surface area contributed by atoms with Gasteiger partial charge >= 0.3 is 0 Å². The van der Waals surface area contributed by atoms with E-state index < -0.39 is 0 Å². The highest BCUT2D eigenvalue weighted by molar-refractivity contribution is 6.07. The minimum Gasteiger partial charge on any atom is -0.0648 e. The number of fused-ring (bicyclic) bond motifs is 3. The van der Waals surface area contributed by atoms with Gasteiger partial charge in [-0.15, -0.1) is 0 Å². The molecule has 0 saturated heterocycles. The van der Waals surface area contributed by atoms with E-state index in [4.69, 9.17) is 0 Å². The number of benzene rings is 3. The average Bonchev–Trinajstić information content (AvgIpc) is 2.59. The first kappa shape index (κ1) is 16.1. The van der Waals surface area contributed by atoms with Crippen LogP contribution in [0.3, 0.4) is 0 Å². The molecule has 0 aliphatic heterocycles. The fraction of sp³-hybridized carbons (Fsp3) is 0.391. The third-order valence-electron chi connectivity index (χ3n) is 5.71. The van der Waals surface area contributed by atoms with Crippen molar-refractivity contribution in [3.63, 3.8) is 0 Å². The van der Waals surface area contributed by atoms with Crippen molar-refractivity contribution in [1.82, 2.24) is 0 Å². The minimum absolute atomic E-state index is 0.240. The van der Waals surface area contributed by atoms with Gasteiger partial charge in [0.25, 0.3) is 0 Å². The minimum atomic E-state index is 0.240. The summed E-state index contributed by atoms with van der Waals surface area (Å²) in [5, 5.41) is 5.45. The van der Waals surface area contributed by atoms with E-state index in [9.17, 15) is 0 Å². The second-order valence-electron chi connectivity index (χ2n) is 7.53. The second-order valence-corrected chi connectivity index (χ2v) is 7.53. The molecule has 0 aromatic heterocycles. The van der Waals surface area contributed by atoms with Crippen molar-refractivity contribution in [2.45, 2.75) is 58.8 Å². The molecule has 0 N–H and O–H groups in total. The van der Waals surface area contributed by atoms with Gasteiger partial charge in [0, 0.05) is 0 Å². The van der Waals surface area contributed by atoms with Crippen LogP contribution in [-0.4, -0.2) is 0 Å². The van der Waals surface area contributed by atoms with Crippen molar-refractivity contribution in [3.05, 3.63) is 59.7 Å². The van der Waals surface area contributed by atoms with E-state index in [0.29, 0.717) is 5.92 Å². The lowest BCUT2D eigenvalue weighted by molar-refractivity contribution is 0.507. The van der Waals surface area contributed by atoms with Gasteiger partial charge in [0.2, 0.25) is 0 Å². The first-order valence-electron chi connectivity index (χ1n) is 8.93. The molecule has 0 fully saturated rings. The van der Waals surface area contributed by atoms with Crippen LogP contribution in [0.2, 0.25) is 0 Å². The van der Waals surface area contributed by atoms with Crippen molar-refractivity contribution < 1.29 is 0 Å². The predicted molar refractivity (Wildman–Crippen MR) is 103 cm³/mol. The maximum Gasteiger partial charge on any atom is -0.0105 e. The van der Waals surface area contributed by atoms with Gasteiger partial charge in [0.05, 0.1) is 0 Å². The summed E-state index contributed by atoms with van der Waals surface area (Å²) in [7, 11) is 0. The van der Waals surface area contributed by atoms with Crippen LogP contribution in [0.15, 0.2) is 48.5 Å². The first-order valence-corrected chi connectivity index (χ1v) is 8.93. The van der Waals surface area contributed by atoms with Crippen molar-refractivity contribution in [1.29, 1.82) is 0 Å². The largest absolute Gasteiger partial charge is 0.0648 e. The molecular formula is C23H28. The molecule has 3 aromatic rings. The Hall–Kier alpha value is -1.82. The van der Waals surface area contributed by atoms with Crippen molar-refractivity contribution in [2.24, 2.45) is 0 Å². The quantitative estimate of drug-likeness (QED) is 0.447. The smallest absolute Gasteiger partial charge is 0.0105 e. The summed E-state index contributed by atoms with van der Waals surface area (Å²) >= 11 is 0. The maximum atomic E-state index is 2.38. The molecule has 1 unspecified atom stereocenters. The molecule has 0 aliphatic carbocycles. The van der Waals surface area contributed by atoms with Crippen molar-refractivity contribution in [3.8, 4) is 0 Å². The van der Waals surface area contributed by atoms with Gasteiger partial charge in [0.15, 0.2) is 0 Å². The molecule has 120 valence electrons. The molecule has 0 amide bonds. The maximum absolute atomic E-state index is 2.38. The summed E-state index contributed by atoms with van der Waals surface area (Å²) in [6, 6.07) is 18.6.